The van der Waals surface area contributed by atoms with Gasteiger partial charge in [0.25, 0.3) is 0 Å². The molecule has 39 heavy (non-hydrogen) atoms. The summed E-state index contributed by atoms with van der Waals surface area (Å²) < 4.78 is 0. The third-order valence-electron chi connectivity index (χ3n) is 7.84. The van der Waals surface area contributed by atoms with Crippen LogP contribution in [0.3, 0.4) is 0 Å². The number of allylic oxidation sites excluding steroid dienone is 1. The Kier molecular flexibility index (Phi) is 7.16. The van der Waals surface area contributed by atoms with E-state index in [4.69, 9.17) is 23.8 Å². The highest BCUT2D eigenvalue weighted by molar-refractivity contribution is 7.80. The van der Waals surface area contributed by atoms with Gasteiger partial charge >= 0.3 is 0 Å². The van der Waals surface area contributed by atoms with Crippen molar-refractivity contribution < 1.29 is 4.79 Å². The Morgan fingerprint density at radius 3 is 2.62 bits per heavy atom. The number of anilines is 3. The molecule has 0 radical (unpaired) electrons. The highest BCUT2D eigenvalue weighted by atomic mass is 35.5. The van der Waals surface area contributed by atoms with Gasteiger partial charge in [-0.1, -0.05) is 30.7 Å². The third kappa shape index (κ3) is 4.90. The molecule has 0 bridgehead atoms. The number of rotatable bonds is 5. The second-order valence-electron chi connectivity index (χ2n) is 10.8. The first-order valence-corrected chi connectivity index (χ1v) is 14.0. The number of amides is 1. The maximum atomic E-state index is 12.0. The molecular formula is C31H34ClN5OS. The van der Waals surface area contributed by atoms with Crippen molar-refractivity contribution in [2.75, 3.05) is 22.2 Å². The lowest BCUT2D eigenvalue weighted by molar-refractivity contribution is -0.115. The number of likely N-dealkylation sites (N-methyl/N-ethyl adjacent to an activating group) is 1. The van der Waals surface area contributed by atoms with Crippen LogP contribution in [0.15, 0.2) is 60.8 Å². The van der Waals surface area contributed by atoms with Crippen LogP contribution in [0.5, 0.6) is 0 Å². The first-order chi connectivity index (χ1) is 18.5. The number of halogens is 1. The molecule has 5 rings (SSSR count). The van der Waals surface area contributed by atoms with Crippen LogP contribution < -0.4 is 20.4 Å². The van der Waals surface area contributed by atoms with Gasteiger partial charge in [0.2, 0.25) is 5.91 Å². The molecule has 8 heteroatoms. The summed E-state index contributed by atoms with van der Waals surface area (Å²) in [6.45, 7) is 10.4. The minimum atomic E-state index is -0.242. The molecule has 0 spiro atoms. The van der Waals surface area contributed by atoms with Crippen LogP contribution in [-0.2, 0) is 4.79 Å². The van der Waals surface area contributed by atoms with E-state index >= 15 is 0 Å². The molecule has 0 saturated carbocycles. The average molecular weight is 560 g/mol. The molecule has 1 aromatic heterocycles. The molecule has 1 amide bonds. The Labute approximate surface area is 241 Å². The van der Waals surface area contributed by atoms with E-state index in [1.54, 1.807) is 6.20 Å². The molecule has 2 aliphatic rings. The van der Waals surface area contributed by atoms with E-state index in [0.29, 0.717) is 16.6 Å². The summed E-state index contributed by atoms with van der Waals surface area (Å²) in [5.41, 5.74) is 7.88. The number of nitrogens with zero attached hydrogens (tertiary/aromatic N) is 3. The number of carbonyl (C=O) groups excluding carboxylic acids is 1. The molecule has 6 nitrogen and oxygen atoms in total. The minimum Gasteiger partial charge on any atom is -0.365 e. The fraction of sp³-hybridized carbons (Fsp3) is 0.323. The van der Waals surface area contributed by atoms with Crippen molar-refractivity contribution in [3.8, 4) is 0 Å². The van der Waals surface area contributed by atoms with E-state index in [1.165, 1.54) is 5.57 Å². The van der Waals surface area contributed by atoms with E-state index in [9.17, 15) is 4.79 Å². The molecule has 3 aromatic rings. The largest absolute Gasteiger partial charge is 0.365 e. The average Bonchev–Trinajstić information content (AvgIpc) is 3.25. The predicted molar refractivity (Wildman–Crippen MR) is 166 cm³/mol. The van der Waals surface area contributed by atoms with E-state index < -0.39 is 0 Å². The normalized spacial score (nSPS) is 19.9. The van der Waals surface area contributed by atoms with Crippen molar-refractivity contribution in [2.24, 2.45) is 0 Å². The van der Waals surface area contributed by atoms with Crippen molar-refractivity contribution >= 4 is 57.5 Å². The minimum absolute atomic E-state index is 0.0188. The Balaban J connectivity index is 1.65. The van der Waals surface area contributed by atoms with Gasteiger partial charge in [0, 0.05) is 47.3 Å². The third-order valence-corrected chi connectivity index (χ3v) is 8.48. The van der Waals surface area contributed by atoms with E-state index in [2.05, 4.69) is 77.5 Å². The summed E-state index contributed by atoms with van der Waals surface area (Å²) in [6.07, 6.45) is 4.52. The summed E-state index contributed by atoms with van der Waals surface area (Å²) in [7, 11) is 2.11. The zero-order valence-electron chi connectivity index (χ0n) is 23.2. The van der Waals surface area contributed by atoms with Gasteiger partial charge in [-0.05, 0) is 99.1 Å². The maximum Gasteiger partial charge on any atom is 0.224 e. The van der Waals surface area contributed by atoms with Crippen LogP contribution in [0.2, 0.25) is 5.02 Å². The van der Waals surface area contributed by atoms with Gasteiger partial charge in [-0.25, -0.2) is 0 Å². The van der Waals surface area contributed by atoms with Gasteiger partial charge < -0.3 is 20.4 Å². The predicted octanol–water partition coefficient (Wildman–Crippen LogP) is 7.20. The summed E-state index contributed by atoms with van der Waals surface area (Å²) in [5, 5.41) is 7.78. The van der Waals surface area contributed by atoms with Crippen LogP contribution in [0, 0.1) is 6.92 Å². The number of aryl methyl sites for hydroxylation is 1. The lowest BCUT2D eigenvalue weighted by Crippen LogP contribution is -2.42. The first-order valence-electron chi connectivity index (χ1n) is 13.2. The fourth-order valence-corrected chi connectivity index (χ4v) is 6.16. The Morgan fingerprint density at radius 2 is 1.95 bits per heavy atom. The maximum absolute atomic E-state index is 12.0. The molecule has 2 atom stereocenters. The number of fused-ring (bicyclic) bond motifs is 1. The van der Waals surface area contributed by atoms with Crippen LogP contribution in [0.4, 0.5) is 17.1 Å². The van der Waals surface area contributed by atoms with E-state index in [0.717, 1.165) is 39.4 Å². The van der Waals surface area contributed by atoms with Gasteiger partial charge in [0.1, 0.15) is 0 Å². The molecule has 2 aliphatic heterocycles. The molecule has 2 N–H and O–H groups in total. The number of benzene rings is 2. The number of hydrogen-bond acceptors (Lipinski definition) is 4. The zero-order chi connectivity index (χ0) is 28.1. The van der Waals surface area contributed by atoms with Crippen molar-refractivity contribution in [3.63, 3.8) is 0 Å². The number of aromatic nitrogens is 1. The molecule has 0 unspecified atom stereocenters. The summed E-state index contributed by atoms with van der Waals surface area (Å²) >= 11 is 13.1. The van der Waals surface area contributed by atoms with Gasteiger partial charge in [-0.3, -0.25) is 9.78 Å². The lowest BCUT2D eigenvalue weighted by atomic mass is 9.86. The number of carbonyl (C=O) groups is 1. The number of thiocarbonyl (C=S) groups is 1. The monoisotopic (exact) mass is 559 g/mol. The highest BCUT2D eigenvalue weighted by Gasteiger charge is 2.42. The molecule has 1 fully saturated rings. The molecule has 1 saturated heterocycles. The number of nitrogens with one attached hydrogen (secondary N) is 2. The Morgan fingerprint density at radius 1 is 1.18 bits per heavy atom. The SMILES string of the molecule is CCC(=O)Nc1ccc(N2C(=S)N[C@@H](c3ccccn3)[C@H]2c2cc3c(cc2Cl)N(C)C(C)(C)C=C3C)cc1C. The van der Waals surface area contributed by atoms with Gasteiger partial charge in [-0.2, -0.15) is 0 Å². The molecule has 3 heterocycles. The Hall–Kier alpha value is -3.42. The standard InChI is InChI=1S/C31H34ClN5OS/c1-7-27(38)34-24-12-11-20(14-18(24)2)37-29(28(35-30(37)39)25-10-8-9-13-33-25)22-15-21-19(3)17-31(4,5)36(6)26(21)16-23(22)32/h8-17,28-29H,7H2,1-6H3,(H,34,38)(H,35,39)/t28-,29+/m0/s1. The van der Waals surface area contributed by atoms with Crippen molar-refractivity contribution in [1.82, 2.24) is 10.3 Å². The molecule has 202 valence electrons. The smallest absolute Gasteiger partial charge is 0.224 e. The highest BCUT2D eigenvalue weighted by Crippen LogP contribution is 2.48. The Bertz CT molecular complexity index is 1490. The lowest BCUT2D eigenvalue weighted by Gasteiger charge is -2.41. The fourth-order valence-electron chi connectivity index (χ4n) is 5.54. The second kappa shape index (κ2) is 10.3. The van der Waals surface area contributed by atoms with Crippen molar-refractivity contribution in [2.45, 2.75) is 58.7 Å². The number of pyridine rings is 1. The van der Waals surface area contributed by atoms with Crippen molar-refractivity contribution in [1.29, 1.82) is 0 Å². The van der Waals surface area contributed by atoms with Crippen LogP contribution >= 0.6 is 23.8 Å². The van der Waals surface area contributed by atoms with E-state index in [-0.39, 0.29) is 23.5 Å². The quantitative estimate of drug-likeness (QED) is 0.322. The summed E-state index contributed by atoms with van der Waals surface area (Å²) in [5.74, 6) is -0.0188. The van der Waals surface area contributed by atoms with Crippen LogP contribution in [-0.4, -0.2) is 28.6 Å². The molecule has 2 aromatic carbocycles. The van der Waals surface area contributed by atoms with Crippen LogP contribution in [0.25, 0.3) is 5.57 Å². The van der Waals surface area contributed by atoms with Crippen molar-refractivity contribution in [3.05, 3.63) is 88.2 Å². The second-order valence-corrected chi connectivity index (χ2v) is 11.6. The number of hydrogen-bond donors (Lipinski definition) is 2. The summed E-state index contributed by atoms with van der Waals surface area (Å²) in [6, 6.07) is 15.7. The topological polar surface area (TPSA) is 60.5 Å². The van der Waals surface area contributed by atoms with Gasteiger partial charge in [0.05, 0.1) is 23.3 Å². The first kappa shape index (κ1) is 27.2. The summed E-state index contributed by atoms with van der Waals surface area (Å²) in [4.78, 5) is 21.1. The molecule has 0 aliphatic carbocycles. The van der Waals surface area contributed by atoms with E-state index in [1.807, 2.05) is 44.2 Å². The zero-order valence-corrected chi connectivity index (χ0v) is 24.7. The molecular weight excluding hydrogens is 526 g/mol. The van der Waals surface area contributed by atoms with Crippen LogP contribution in [0.1, 0.15) is 68.6 Å². The van der Waals surface area contributed by atoms with Gasteiger partial charge in [0.15, 0.2) is 5.11 Å². The van der Waals surface area contributed by atoms with Gasteiger partial charge in [-0.15, -0.1) is 0 Å².